The van der Waals surface area contributed by atoms with E-state index in [1.54, 1.807) is 0 Å². The van der Waals surface area contributed by atoms with Crippen LogP contribution in [0.2, 0.25) is 0 Å². The maximum atomic E-state index is 12.9. The van der Waals surface area contributed by atoms with Gasteiger partial charge in [-0.15, -0.1) is 0 Å². The molecule has 1 aromatic heterocycles. The second kappa shape index (κ2) is 4.78. The predicted molar refractivity (Wildman–Crippen MR) is 62.9 cm³/mol. The SMILES string of the molecule is CC1CN(C)CCC1Nc1ccnc(F)c1. The highest BCUT2D eigenvalue weighted by Crippen LogP contribution is 2.20. The zero-order valence-corrected chi connectivity index (χ0v) is 9.78. The second-order valence-corrected chi connectivity index (χ2v) is 4.65. The number of nitrogens with zero attached hydrogens (tertiary/aromatic N) is 2. The topological polar surface area (TPSA) is 28.2 Å². The Bertz CT molecular complexity index is 356. The maximum Gasteiger partial charge on any atom is 0.214 e. The Morgan fingerprint density at radius 2 is 2.38 bits per heavy atom. The van der Waals surface area contributed by atoms with E-state index < -0.39 is 5.95 Å². The fraction of sp³-hybridized carbons (Fsp3) is 0.583. The molecule has 0 aliphatic carbocycles. The molecule has 88 valence electrons. The summed E-state index contributed by atoms with van der Waals surface area (Å²) in [6.07, 6.45) is 2.60. The van der Waals surface area contributed by atoms with E-state index in [1.807, 2.05) is 6.07 Å². The van der Waals surface area contributed by atoms with Crippen LogP contribution in [0.15, 0.2) is 18.3 Å². The lowest BCUT2D eigenvalue weighted by atomic mass is 9.94. The summed E-state index contributed by atoms with van der Waals surface area (Å²) in [6.45, 7) is 4.41. The van der Waals surface area contributed by atoms with Gasteiger partial charge in [-0.05, 0) is 32.0 Å². The van der Waals surface area contributed by atoms with Crippen molar-refractivity contribution in [2.45, 2.75) is 19.4 Å². The molecule has 0 amide bonds. The summed E-state index contributed by atoms with van der Waals surface area (Å²) in [5.74, 6) is 0.153. The molecule has 4 heteroatoms. The molecule has 2 heterocycles. The molecule has 1 aromatic rings. The van der Waals surface area contributed by atoms with Crippen LogP contribution in [0.4, 0.5) is 10.1 Å². The van der Waals surface area contributed by atoms with Gasteiger partial charge in [-0.25, -0.2) is 4.98 Å². The molecular weight excluding hydrogens is 205 g/mol. The highest BCUT2D eigenvalue weighted by Gasteiger charge is 2.23. The van der Waals surface area contributed by atoms with Crippen molar-refractivity contribution in [3.8, 4) is 0 Å². The average molecular weight is 223 g/mol. The van der Waals surface area contributed by atoms with Crippen LogP contribution in [0.1, 0.15) is 13.3 Å². The van der Waals surface area contributed by atoms with Crippen molar-refractivity contribution in [3.05, 3.63) is 24.3 Å². The molecule has 16 heavy (non-hydrogen) atoms. The third-order valence-corrected chi connectivity index (χ3v) is 3.19. The van der Waals surface area contributed by atoms with Crippen LogP contribution < -0.4 is 5.32 Å². The van der Waals surface area contributed by atoms with Gasteiger partial charge in [0.25, 0.3) is 0 Å². The van der Waals surface area contributed by atoms with Gasteiger partial charge in [0, 0.05) is 30.5 Å². The van der Waals surface area contributed by atoms with E-state index in [-0.39, 0.29) is 0 Å². The molecule has 2 rings (SSSR count). The normalized spacial score (nSPS) is 26.7. The Morgan fingerprint density at radius 1 is 1.56 bits per heavy atom. The number of halogens is 1. The van der Waals surface area contributed by atoms with E-state index in [2.05, 4.69) is 29.2 Å². The van der Waals surface area contributed by atoms with E-state index in [1.165, 1.54) is 12.3 Å². The Hall–Kier alpha value is -1.16. The number of aromatic nitrogens is 1. The van der Waals surface area contributed by atoms with Crippen LogP contribution in [-0.2, 0) is 0 Å². The molecule has 2 unspecified atom stereocenters. The van der Waals surface area contributed by atoms with Crippen molar-refractivity contribution in [2.75, 3.05) is 25.5 Å². The van der Waals surface area contributed by atoms with E-state index in [0.29, 0.717) is 12.0 Å². The molecular formula is C12H18FN3. The Balaban J connectivity index is 1.99. The van der Waals surface area contributed by atoms with Crippen LogP contribution in [0, 0.1) is 11.9 Å². The zero-order chi connectivity index (χ0) is 11.5. The minimum absolute atomic E-state index is 0.425. The van der Waals surface area contributed by atoms with Gasteiger partial charge in [-0.2, -0.15) is 4.39 Å². The van der Waals surface area contributed by atoms with Crippen LogP contribution in [0.5, 0.6) is 0 Å². The summed E-state index contributed by atoms with van der Waals surface area (Å²) < 4.78 is 12.9. The third kappa shape index (κ3) is 2.70. The van der Waals surface area contributed by atoms with Crippen molar-refractivity contribution in [1.82, 2.24) is 9.88 Å². The van der Waals surface area contributed by atoms with Gasteiger partial charge in [0.2, 0.25) is 5.95 Å². The van der Waals surface area contributed by atoms with Gasteiger partial charge in [-0.3, -0.25) is 0 Å². The lowest BCUT2D eigenvalue weighted by Crippen LogP contribution is -2.43. The van der Waals surface area contributed by atoms with Gasteiger partial charge in [0.05, 0.1) is 0 Å². The largest absolute Gasteiger partial charge is 0.382 e. The first-order valence-electron chi connectivity index (χ1n) is 5.72. The Kier molecular flexibility index (Phi) is 3.39. The molecule has 1 saturated heterocycles. The fourth-order valence-corrected chi connectivity index (χ4v) is 2.27. The zero-order valence-electron chi connectivity index (χ0n) is 9.78. The Labute approximate surface area is 95.7 Å². The molecule has 2 atom stereocenters. The summed E-state index contributed by atoms with van der Waals surface area (Å²) in [4.78, 5) is 5.88. The lowest BCUT2D eigenvalue weighted by Gasteiger charge is -2.35. The molecule has 0 aromatic carbocycles. The molecule has 1 aliphatic rings. The molecule has 0 bridgehead atoms. The van der Waals surface area contributed by atoms with Crippen LogP contribution in [-0.4, -0.2) is 36.1 Å². The summed E-state index contributed by atoms with van der Waals surface area (Å²) in [7, 11) is 2.14. The minimum atomic E-state index is -0.425. The van der Waals surface area contributed by atoms with Gasteiger partial charge in [-0.1, -0.05) is 6.92 Å². The predicted octanol–water partition coefficient (Wildman–Crippen LogP) is 1.97. The smallest absolute Gasteiger partial charge is 0.214 e. The molecule has 0 radical (unpaired) electrons. The number of likely N-dealkylation sites (tertiary alicyclic amines) is 1. The van der Waals surface area contributed by atoms with E-state index in [9.17, 15) is 4.39 Å². The summed E-state index contributed by atoms with van der Waals surface area (Å²) in [5, 5.41) is 3.39. The second-order valence-electron chi connectivity index (χ2n) is 4.65. The van der Waals surface area contributed by atoms with Gasteiger partial charge in [0.15, 0.2) is 0 Å². The highest BCUT2D eigenvalue weighted by molar-refractivity contribution is 5.42. The van der Waals surface area contributed by atoms with Crippen LogP contribution in [0.3, 0.4) is 0 Å². The first kappa shape index (κ1) is 11.3. The van der Waals surface area contributed by atoms with Gasteiger partial charge in [0.1, 0.15) is 0 Å². The Morgan fingerprint density at radius 3 is 3.06 bits per heavy atom. The van der Waals surface area contributed by atoms with E-state index >= 15 is 0 Å². The molecule has 1 N–H and O–H groups in total. The van der Waals surface area contributed by atoms with Crippen molar-refractivity contribution < 1.29 is 4.39 Å². The van der Waals surface area contributed by atoms with Gasteiger partial charge >= 0.3 is 0 Å². The monoisotopic (exact) mass is 223 g/mol. The molecule has 1 fully saturated rings. The molecule has 0 saturated carbocycles. The average Bonchev–Trinajstić information content (AvgIpc) is 2.22. The number of piperidine rings is 1. The summed E-state index contributed by atoms with van der Waals surface area (Å²) in [5.41, 5.74) is 0.828. The number of hydrogen-bond acceptors (Lipinski definition) is 3. The molecule has 0 spiro atoms. The quantitative estimate of drug-likeness (QED) is 0.777. The molecule has 3 nitrogen and oxygen atoms in total. The first-order chi connectivity index (χ1) is 7.65. The molecule has 1 aliphatic heterocycles. The number of anilines is 1. The first-order valence-corrected chi connectivity index (χ1v) is 5.72. The summed E-state index contributed by atoms with van der Waals surface area (Å²) in [6, 6.07) is 3.69. The minimum Gasteiger partial charge on any atom is -0.382 e. The van der Waals surface area contributed by atoms with Crippen LogP contribution >= 0.6 is 0 Å². The number of hydrogen-bond donors (Lipinski definition) is 1. The lowest BCUT2D eigenvalue weighted by molar-refractivity contribution is 0.206. The maximum absolute atomic E-state index is 12.9. The fourth-order valence-electron chi connectivity index (χ4n) is 2.27. The number of pyridine rings is 1. The number of nitrogens with one attached hydrogen (secondary N) is 1. The van der Waals surface area contributed by atoms with Crippen molar-refractivity contribution >= 4 is 5.69 Å². The van der Waals surface area contributed by atoms with Crippen molar-refractivity contribution in [2.24, 2.45) is 5.92 Å². The summed E-state index contributed by atoms with van der Waals surface area (Å²) >= 11 is 0. The van der Waals surface area contributed by atoms with Gasteiger partial charge < -0.3 is 10.2 Å². The van der Waals surface area contributed by atoms with Crippen molar-refractivity contribution in [1.29, 1.82) is 0 Å². The van der Waals surface area contributed by atoms with Crippen LogP contribution in [0.25, 0.3) is 0 Å². The van der Waals surface area contributed by atoms with Crippen molar-refractivity contribution in [3.63, 3.8) is 0 Å². The van der Waals surface area contributed by atoms with E-state index in [0.717, 1.165) is 25.2 Å². The van der Waals surface area contributed by atoms with E-state index in [4.69, 9.17) is 0 Å². The highest BCUT2D eigenvalue weighted by atomic mass is 19.1. The number of rotatable bonds is 2. The third-order valence-electron chi connectivity index (χ3n) is 3.19. The standard InChI is InChI=1S/C12H18FN3/c1-9-8-16(2)6-4-11(9)15-10-3-5-14-12(13)7-10/h3,5,7,9,11H,4,6,8H2,1-2H3,(H,14,15).